The number of ether oxygens (including phenoxy) is 1. The molecule has 0 aliphatic carbocycles. The Balaban J connectivity index is 1.79. The molecule has 0 aliphatic heterocycles. The second kappa shape index (κ2) is 6.45. The Labute approximate surface area is 135 Å². The fourth-order valence-electron chi connectivity index (χ4n) is 2.14. The third-order valence-electron chi connectivity index (χ3n) is 3.08. The monoisotopic (exact) mass is 365 g/mol. The SMILES string of the molecule is ClCc1nc2cc(Br)cnc2n1CCOc1ccccc1. The highest BCUT2D eigenvalue weighted by atomic mass is 79.9. The number of aromatic nitrogens is 3. The molecule has 6 heteroatoms. The van der Waals surface area contributed by atoms with Gasteiger partial charge in [0.1, 0.15) is 23.7 Å². The molecule has 0 aliphatic rings. The maximum Gasteiger partial charge on any atom is 0.160 e. The molecule has 108 valence electrons. The zero-order valence-electron chi connectivity index (χ0n) is 11.2. The van der Waals surface area contributed by atoms with Gasteiger partial charge in [-0.2, -0.15) is 0 Å². The molecule has 1 aromatic carbocycles. The van der Waals surface area contributed by atoms with Crippen LogP contribution in [0, 0.1) is 0 Å². The van der Waals surface area contributed by atoms with Crippen LogP contribution in [0.4, 0.5) is 0 Å². The highest BCUT2D eigenvalue weighted by Gasteiger charge is 2.11. The van der Waals surface area contributed by atoms with Crippen LogP contribution in [-0.4, -0.2) is 21.1 Å². The molecule has 0 unspecified atom stereocenters. The maximum atomic E-state index is 5.98. The second-order valence-corrected chi connectivity index (χ2v) is 5.65. The minimum absolute atomic E-state index is 0.347. The van der Waals surface area contributed by atoms with Crippen LogP contribution in [0.25, 0.3) is 11.2 Å². The van der Waals surface area contributed by atoms with E-state index in [2.05, 4.69) is 25.9 Å². The van der Waals surface area contributed by atoms with Crippen LogP contribution in [0.2, 0.25) is 0 Å². The first kappa shape index (κ1) is 14.4. The first-order chi connectivity index (χ1) is 10.3. The molecule has 0 radical (unpaired) electrons. The number of fused-ring (bicyclic) bond motifs is 1. The summed E-state index contributed by atoms with van der Waals surface area (Å²) < 4.78 is 8.62. The van der Waals surface area contributed by atoms with Crippen molar-refractivity contribution >= 4 is 38.7 Å². The molecule has 0 saturated heterocycles. The highest BCUT2D eigenvalue weighted by molar-refractivity contribution is 9.10. The van der Waals surface area contributed by atoms with Gasteiger partial charge in [-0.3, -0.25) is 0 Å². The minimum atomic E-state index is 0.347. The Bertz CT molecular complexity index is 745. The van der Waals surface area contributed by atoms with Crippen molar-refractivity contribution in [2.24, 2.45) is 0 Å². The Kier molecular flexibility index (Phi) is 4.41. The summed E-state index contributed by atoms with van der Waals surface area (Å²) in [5, 5.41) is 0. The summed E-state index contributed by atoms with van der Waals surface area (Å²) in [5.74, 6) is 2.00. The van der Waals surface area contributed by atoms with Gasteiger partial charge in [-0.1, -0.05) is 18.2 Å². The standard InChI is InChI=1S/C15H13BrClN3O/c16-11-8-13-15(18-10-11)20(14(9-17)19-13)6-7-21-12-4-2-1-3-5-12/h1-5,8,10H,6-7,9H2. The highest BCUT2D eigenvalue weighted by Crippen LogP contribution is 2.19. The number of nitrogens with zero attached hydrogens (tertiary/aromatic N) is 3. The van der Waals surface area contributed by atoms with Gasteiger partial charge in [0.05, 0.1) is 12.4 Å². The Morgan fingerprint density at radius 2 is 2.05 bits per heavy atom. The van der Waals surface area contributed by atoms with E-state index in [1.54, 1.807) is 6.20 Å². The van der Waals surface area contributed by atoms with E-state index in [4.69, 9.17) is 16.3 Å². The average Bonchev–Trinajstić information content (AvgIpc) is 2.85. The van der Waals surface area contributed by atoms with E-state index >= 15 is 0 Å². The van der Waals surface area contributed by atoms with Crippen molar-refractivity contribution in [1.29, 1.82) is 0 Å². The van der Waals surface area contributed by atoms with Crippen molar-refractivity contribution in [3.8, 4) is 5.75 Å². The van der Waals surface area contributed by atoms with Gasteiger partial charge in [-0.25, -0.2) is 9.97 Å². The van der Waals surface area contributed by atoms with E-state index < -0.39 is 0 Å². The molecule has 0 N–H and O–H groups in total. The predicted molar refractivity (Wildman–Crippen MR) is 86.7 cm³/mol. The van der Waals surface area contributed by atoms with Crippen molar-refractivity contribution in [2.45, 2.75) is 12.4 Å². The fraction of sp³-hybridized carbons (Fsp3) is 0.200. The molecule has 0 bridgehead atoms. The third-order valence-corrected chi connectivity index (χ3v) is 3.75. The molecule has 21 heavy (non-hydrogen) atoms. The lowest BCUT2D eigenvalue weighted by molar-refractivity contribution is 0.298. The molecule has 3 aromatic rings. The van der Waals surface area contributed by atoms with E-state index in [1.165, 1.54) is 0 Å². The van der Waals surface area contributed by atoms with Gasteiger partial charge in [0.2, 0.25) is 0 Å². The largest absolute Gasteiger partial charge is 0.492 e. The minimum Gasteiger partial charge on any atom is -0.492 e. The Morgan fingerprint density at radius 1 is 1.24 bits per heavy atom. The summed E-state index contributed by atoms with van der Waals surface area (Å²) in [6.07, 6.45) is 1.76. The van der Waals surface area contributed by atoms with Gasteiger partial charge < -0.3 is 9.30 Å². The number of halogens is 2. The van der Waals surface area contributed by atoms with Crippen molar-refractivity contribution in [3.05, 3.63) is 52.9 Å². The number of para-hydroxylation sites is 1. The molecule has 0 saturated carbocycles. The van der Waals surface area contributed by atoms with Crippen LogP contribution < -0.4 is 4.74 Å². The van der Waals surface area contributed by atoms with E-state index in [-0.39, 0.29) is 0 Å². The number of alkyl halides is 1. The quantitative estimate of drug-likeness (QED) is 0.641. The molecule has 2 aromatic heterocycles. The van der Waals surface area contributed by atoms with Crippen LogP contribution in [0.3, 0.4) is 0 Å². The molecule has 0 spiro atoms. The molecule has 0 amide bonds. The predicted octanol–water partition coefficient (Wildman–Crippen LogP) is 4.01. The van der Waals surface area contributed by atoms with Crippen LogP contribution in [-0.2, 0) is 12.4 Å². The molecule has 0 atom stereocenters. The second-order valence-electron chi connectivity index (χ2n) is 4.47. The molecule has 2 heterocycles. The summed E-state index contributed by atoms with van der Waals surface area (Å²) in [4.78, 5) is 8.91. The van der Waals surface area contributed by atoms with E-state index in [1.807, 2.05) is 41.0 Å². The number of imidazole rings is 1. The van der Waals surface area contributed by atoms with Crippen LogP contribution in [0.15, 0.2) is 47.1 Å². The summed E-state index contributed by atoms with van der Waals surface area (Å²) >= 11 is 9.38. The Hall–Kier alpha value is -1.59. The molecule has 0 fully saturated rings. The van der Waals surface area contributed by atoms with Crippen molar-refractivity contribution in [1.82, 2.24) is 14.5 Å². The molecule has 3 rings (SSSR count). The van der Waals surface area contributed by atoms with Crippen LogP contribution in [0.1, 0.15) is 5.82 Å². The van der Waals surface area contributed by atoms with Crippen LogP contribution >= 0.6 is 27.5 Å². The number of pyridine rings is 1. The number of benzene rings is 1. The Morgan fingerprint density at radius 3 is 2.81 bits per heavy atom. The molecular weight excluding hydrogens is 354 g/mol. The normalized spacial score (nSPS) is 11.0. The summed E-state index contributed by atoms with van der Waals surface area (Å²) in [6.45, 7) is 1.19. The van der Waals surface area contributed by atoms with Crippen molar-refractivity contribution < 1.29 is 4.74 Å². The van der Waals surface area contributed by atoms with Gasteiger partial charge in [0.15, 0.2) is 5.65 Å². The third kappa shape index (κ3) is 3.19. The van der Waals surface area contributed by atoms with Gasteiger partial charge in [0, 0.05) is 10.7 Å². The first-order valence-corrected chi connectivity index (χ1v) is 7.85. The van der Waals surface area contributed by atoms with E-state index in [0.29, 0.717) is 19.0 Å². The van der Waals surface area contributed by atoms with Crippen LogP contribution in [0.5, 0.6) is 5.75 Å². The lowest BCUT2D eigenvalue weighted by Gasteiger charge is -2.09. The first-order valence-electron chi connectivity index (χ1n) is 6.52. The average molecular weight is 367 g/mol. The zero-order chi connectivity index (χ0) is 14.7. The van der Waals surface area contributed by atoms with Gasteiger partial charge in [-0.05, 0) is 34.1 Å². The summed E-state index contributed by atoms with van der Waals surface area (Å²) in [7, 11) is 0. The van der Waals surface area contributed by atoms with Crippen molar-refractivity contribution in [3.63, 3.8) is 0 Å². The number of hydrogen-bond donors (Lipinski definition) is 0. The molecule has 4 nitrogen and oxygen atoms in total. The van der Waals surface area contributed by atoms with Gasteiger partial charge >= 0.3 is 0 Å². The summed E-state index contributed by atoms with van der Waals surface area (Å²) in [5.41, 5.74) is 1.66. The maximum absolute atomic E-state index is 5.98. The number of hydrogen-bond acceptors (Lipinski definition) is 3. The smallest absolute Gasteiger partial charge is 0.160 e. The zero-order valence-corrected chi connectivity index (χ0v) is 13.5. The summed E-state index contributed by atoms with van der Waals surface area (Å²) in [6, 6.07) is 11.7. The van der Waals surface area contributed by atoms with Crippen molar-refractivity contribution in [2.75, 3.05) is 6.61 Å². The molecular formula is C15H13BrClN3O. The lowest BCUT2D eigenvalue weighted by atomic mass is 10.3. The lowest BCUT2D eigenvalue weighted by Crippen LogP contribution is -2.11. The van der Waals surface area contributed by atoms with E-state index in [0.717, 1.165) is 27.2 Å². The fourth-order valence-corrected chi connectivity index (χ4v) is 2.66. The van der Waals surface area contributed by atoms with E-state index in [9.17, 15) is 0 Å². The van der Waals surface area contributed by atoms with Gasteiger partial charge in [-0.15, -0.1) is 11.6 Å². The topological polar surface area (TPSA) is 39.9 Å². The number of rotatable bonds is 5. The van der Waals surface area contributed by atoms with Gasteiger partial charge in [0.25, 0.3) is 0 Å².